The highest BCUT2D eigenvalue weighted by atomic mass is 127. The van der Waals surface area contributed by atoms with E-state index >= 15 is 0 Å². The molecule has 1 heterocycles. The van der Waals surface area contributed by atoms with Crippen LogP contribution in [0.1, 0.15) is 10.4 Å². The van der Waals surface area contributed by atoms with Gasteiger partial charge in [0.25, 0.3) is 0 Å². The van der Waals surface area contributed by atoms with Gasteiger partial charge < -0.3 is 0 Å². The Labute approximate surface area is 126 Å². The third-order valence-electron chi connectivity index (χ3n) is 3.39. The molecule has 0 aliphatic carbocycles. The van der Waals surface area contributed by atoms with Crippen molar-refractivity contribution in [3.8, 4) is 0 Å². The first kappa shape index (κ1) is 11.7. The number of carbonyl (C=O) groups excluding carboxylic acids is 1. The van der Waals surface area contributed by atoms with Crippen LogP contribution in [0, 0.1) is 9.39 Å². The number of rotatable bonds is 0. The van der Waals surface area contributed by atoms with Gasteiger partial charge in [-0.15, -0.1) is 0 Å². The molecule has 0 atom stereocenters. The molecular weight excluding hydrogens is 374 g/mol. The normalized spacial score (nSPS) is 13.7. The summed E-state index contributed by atoms with van der Waals surface area (Å²) in [4.78, 5) is 12.9. The van der Waals surface area contributed by atoms with Crippen LogP contribution in [0.4, 0.5) is 4.39 Å². The molecule has 19 heavy (non-hydrogen) atoms. The highest BCUT2D eigenvalue weighted by Gasteiger charge is 2.26. The Hall–Kier alpha value is -1.14. The van der Waals surface area contributed by atoms with E-state index in [2.05, 4.69) is 22.6 Å². The molecule has 0 saturated carbocycles. The van der Waals surface area contributed by atoms with Crippen LogP contribution in [0.3, 0.4) is 0 Å². The molecule has 1 aliphatic rings. The molecule has 0 unspecified atom stereocenters. The van der Waals surface area contributed by atoms with E-state index in [0.717, 1.165) is 35.6 Å². The topological polar surface area (TPSA) is 17.1 Å². The fraction of sp³-hybridized carbons (Fsp3) is 0. The van der Waals surface area contributed by atoms with E-state index in [1.54, 1.807) is 6.07 Å². The Kier molecular flexibility index (Phi) is 2.41. The van der Waals surface area contributed by atoms with Gasteiger partial charge in [0.2, 0.25) is 5.12 Å². The smallest absolute Gasteiger partial charge is 0.224 e. The van der Waals surface area contributed by atoms with Gasteiger partial charge in [-0.25, -0.2) is 4.39 Å². The van der Waals surface area contributed by atoms with E-state index in [9.17, 15) is 9.18 Å². The molecule has 3 aromatic rings. The second-order valence-electron chi connectivity index (χ2n) is 4.48. The zero-order chi connectivity index (χ0) is 13.1. The molecule has 0 amide bonds. The molecule has 0 N–H and O–H groups in total. The summed E-state index contributed by atoms with van der Waals surface area (Å²) in [6.07, 6.45) is 0. The Bertz CT molecular complexity index is 888. The third-order valence-corrected chi connectivity index (χ3v) is 5.37. The lowest BCUT2D eigenvalue weighted by Gasteiger charge is -2.07. The molecule has 0 spiro atoms. The van der Waals surface area contributed by atoms with E-state index < -0.39 is 0 Å². The second kappa shape index (κ2) is 3.93. The number of thioether (sulfide) groups is 1. The lowest BCUT2D eigenvalue weighted by atomic mass is 10.0. The van der Waals surface area contributed by atoms with Crippen LogP contribution in [-0.4, -0.2) is 5.12 Å². The van der Waals surface area contributed by atoms with Gasteiger partial charge >= 0.3 is 0 Å². The quantitative estimate of drug-likeness (QED) is 0.404. The van der Waals surface area contributed by atoms with Crippen LogP contribution in [0.2, 0.25) is 0 Å². The van der Waals surface area contributed by atoms with Gasteiger partial charge in [-0.3, -0.25) is 4.79 Å². The van der Waals surface area contributed by atoms with Gasteiger partial charge in [0.1, 0.15) is 5.82 Å². The summed E-state index contributed by atoms with van der Waals surface area (Å²) < 4.78 is 14.6. The maximum Gasteiger partial charge on any atom is 0.224 e. The minimum Gasteiger partial charge on any atom is -0.281 e. The summed E-state index contributed by atoms with van der Waals surface area (Å²) in [5.74, 6) is -0.268. The van der Waals surface area contributed by atoms with E-state index in [4.69, 9.17) is 0 Å². The fourth-order valence-corrected chi connectivity index (χ4v) is 4.22. The molecule has 0 bridgehead atoms. The van der Waals surface area contributed by atoms with Crippen molar-refractivity contribution in [3.05, 3.63) is 51.3 Å². The van der Waals surface area contributed by atoms with Crippen LogP contribution >= 0.6 is 34.4 Å². The fourth-order valence-electron chi connectivity index (χ4n) is 2.54. The summed E-state index contributed by atoms with van der Waals surface area (Å²) in [7, 11) is 0. The van der Waals surface area contributed by atoms with Crippen molar-refractivity contribution in [1.29, 1.82) is 0 Å². The van der Waals surface area contributed by atoms with Crippen LogP contribution in [0.25, 0.3) is 21.5 Å². The van der Waals surface area contributed by atoms with Crippen molar-refractivity contribution in [2.24, 2.45) is 0 Å². The van der Waals surface area contributed by atoms with E-state index in [1.165, 1.54) is 23.9 Å². The predicted molar refractivity (Wildman–Crippen MR) is 84.3 cm³/mol. The molecule has 3 aromatic carbocycles. The number of hydrogen-bond donors (Lipinski definition) is 0. The highest BCUT2D eigenvalue weighted by Crippen LogP contribution is 2.45. The third kappa shape index (κ3) is 1.56. The van der Waals surface area contributed by atoms with Crippen molar-refractivity contribution in [2.45, 2.75) is 4.90 Å². The van der Waals surface area contributed by atoms with Gasteiger partial charge in [-0.1, -0.05) is 6.07 Å². The Morgan fingerprint density at radius 2 is 1.89 bits per heavy atom. The average Bonchev–Trinajstić information content (AvgIpc) is 2.72. The number of benzene rings is 3. The van der Waals surface area contributed by atoms with E-state index in [-0.39, 0.29) is 10.9 Å². The zero-order valence-corrected chi connectivity index (χ0v) is 12.5. The van der Waals surface area contributed by atoms with Gasteiger partial charge in [0.15, 0.2) is 0 Å². The molecule has 1 nitrogen and oxygen atoms in total. The second-order valence-corrected chi connectivity index (χ2v) is 6.62. The van der Waals surface area contributed by atoms with Crippen molar-refractivity contribution >= 4 is 61.0 Å². The first-order valence-corrected chi connectivity index (χ1v) is 7.61. The SMILES string of the molecule is O=C1Sc2c3cc(F)ccc3cc3c(I)ccc1c23. The number of carbonyl (C=O) groups is 1. The average molecular weight is 380 g/mol. The predicted octanol–water partition coefficient (Wildman–Crippen LogP) is 4.98. The minimum absolute atomic E-state index is 0.0492. The van der Waals surface area contributed by atoms with Gasteiger partial charge in [-0.05, 0) is 80.8 Å². The lowest BCUT2D eigenvalue weighted by molar-refractivity contribution is 0.109. The molecule has 4 heteroatoms. The van der Waals surface area contributed by atoms with Crippen molar-refractivity contribution in [1.82, 2.24) is 0 Å². The van der Waals surface area contributed by atoms with Gasteiger partial charge in [0.05, 0.1) is 0 Å². The maximum atomic E-state index is 13.5. The summed E-state index contributed by atoms with van der Waals surface area (Å²) in [6.45, 7) is 0. The standard InChI is InChI=1S/C15H6FIOS/c16-8-2-1-7-5-11-12(17)4-3-9-13(11)14(10(7)6-8)19-15(9)18/h1-6H. The van der Waals surface area contributed by atoms with E-state index in [1.807, 2.05) is 18.2 Å². The van der Waals surface area contributed by atoms with E-state index in [0.29, 0.717) is 0 Å². The van der Waals surface area contributed by atoms with Gasteiger partial charge in [0, 0.05) is 19.4 Å². The molecule has 92 valence electrons. The molecule has 0 saturated heterocycles. The molecule has 0 aromatic heterocycles. The Morgan fingerprint density at radius 3 is 2.74 bits per heavy atom. The maximum absolute atomic E-state index is 13.5. The minimum atomic E-state index is -0.268. The van der Waals surface area contributed by atoms with Crippen LogP contribution in [-0.2, 0) is 0 Å². The Balaban J connectivity index is 2.31. The van der Waals surface area contributed by atoms with Crippen molar-refractivity contribution in [2.75, 3.05) is 0 Å². The van der Waals surface area contributed by atoms with Crippen molar-refractivity contribution < 1.29 is 9.18 Å². The molecule has 1 aliphatic heterocycles. The first-order chi connectivity index (χ1) is 9.15. The Morgan fingerprint density at radius 1 is 1.05 bits per heavy atom. The monoisotopic (exact) mass is 380 g/mol. The van der Waals surface area contributed by atoms with Crippen LogP contribution in [0.5, 0.6) is 0 Å². The summed E-state index contributed by atoms with van der Waals surface area (Å²) >= 11 is 3.48. The summed E-state index contributed by atoms with van der Waals surface area (Å²) in [6, 6.07) is 10.6. The summed E-state index contributed by atoms with van der Waals surface area (Å²) in [5.41, 5.74) is 0.738. The largest absolute Gasteiger partial charge is 0.281 e. The molecule has 4 rings (SSSR count). The summed E-state index contributed by atoms with van der Waals surface area (Å²) in [5, 5.41) is 3.89. The number of halogens is 2. The first-order valence-electron chi connectivity index (χ1n) is 5.72. The van der Waals surface area contributed by atoms with Crippen LogP contribution < -0.4 is 0 Å². The van der Waals surface area contributed by atoms with Crippen LogP contribution in [0.15, 0.2) is 41.3 Å². The molecule has 0 fully saturated rings. The van der Waals surface area contributed by atoms with Gasteiger partial charge in [-0.2, -0.15) is 0 Å². The zero-order valence-electron chi connectivity index (χ0n) is 9.54. The molecular formula is C15H6FIOS. The number of hydrogen-bond acceptors (Lipinski definition) is 2. The number of fused-ring (bicyclic) bond motifs is 2. The van der Waals surface area contributed by atoms with Crippen molar-refractivity contribution in [3.63, 3.8) is 0 Å². The molecule has 0 radical (unpaired) electrons. The lowest BCUT2D eigenvalue weighted by Crippen LogP contribution is -1.88. The highest BCUT2D eigenvalue weighted by molar-refractivity contribution is 14.1.